The van der Waals surface area contributed by atoms with E-state index in [0.717, 1.165) is 0 Å². The first-order chi connectivity index (χ1) is 5.22. The molecule has 6 heteroatoms. The summed E-state index contributed by atoms with van der Waals surface area (Å²) in [4.78, 5) is 10.7. The van der Waals surface area contributed by atoms with Gasteiger partial charge < -0.3 is 16.1 Å². The summed E-state index contributed by atoms with van der Waals surface area (Å²) >= 11 is 4.74. The Hall–Kier alpha value is -0.880. The monoisotopic (exact) mass is 174 g/mol. The maximum atomic E-state index is 10.7. The standard InChI is InChI=1S/C5H10N4OS/c6-9-5(11)8-3-1-4(10)7-2-3/h3H,1-2,6H2,(H,7,10)(H2,8,9,11). The summed E-state index contributed by atoms with van der Waals surface area (Å²) in [6, 6.07) is 0.0750. The van der Waals surface area contributed by atoms with Gasteiger partial charge in [0.05, 0.1) is 6.04 Å². The van der Waals surface area contributed by atoms with Crippen molar-refractivity contribution in [1.29, 1.82) is 0 Å². The second kappa shape index (κ2) is 3.49. The van der Waals surface area contributed by atoms with Crippen LogP contribution in [0.2, 0.25) is 0 Å². The minimum Gasteiger partial charge on any atom is -0.357 e. The van der Waals surface area contributed by atoms with Gasteiger partial charge in [0.1, 0.15) is 0 Å². The molecule has 1 unspecified atom stereocenters. The molecule has 5 nitrogen and oxygen atoms in total. The molecule has 11 heavy (non-hydrogen) atoms. The fourth-order valence-electron chi connectivity index (χ4n) is 0.934. The van der Waals surface area contributed by atoms with Gasteiger partial charge in [0, 0.05) is 13.0 Å². The Kier molecular flexibility index (Phi) is 2.61. The topological polar surface area (TPSA) is 79.2 Å². The fraction of sp³-hybridized carbons (Fsp3) is 0.600. The number of hydrogen-bond acceptors (Lipinski definition) is 3. The molecule has 1 aliphatic heterocycles. The molecule has 1 atom stereocenters. The maximum Gasteiger partial charge on any atom is 0.222 e. The van der Waals surface area contributed by atoms with Crippen molar-refractivity contribution in [3.8, 4) is 0 Å². The van der Waals surface area contributed by atoms with Crippen LogP contribution in [0.3, 0.4) is 0 Å². The van der Waals surface area contributed by atoms with E-state index in [0.29, 0.717) is 18.1 Å². The zero-order valence-corrected chi connectivity index (χ0v) is 6.70. The lowest BCUT2D eigenvalue weighted by Gasteiger charge is -2.11. The van der Waals surface area contributed by atoms with Gasteiger partial charge in [-0.2, -0.15) is 0 Å². The second-order valence-corrected chi connectivity index (χ2v) is 2.73. The largest absolute Gasteiger partial charge is 0.357 e. The number of nitrogens with two attached hydrogens (primary N) is 1. The van der Waals surface area contributed by atoms with E-state index in [-0.39, 0.29) is 11.9 Å². The SMILES string of the molecule is NNC(=S)NC1CNC(=O)C1. The van der Waals surface area contributed by atoms with Crippen LogP contribution in [-0.2, 0) is 4.79 Å². The lowest BCUT2D eigenvalue weighted by atomic mass is 10.3. The van der Waals surface area contributed by atoms with E-state index in [4.69, 9.17) is 18.1 Å². The zero-order valence-electron chi connectivity index (χ0n) is 5.89. The molecule has 0 aromatic rings. The van der Waals surface area contributed by atoms with E-state index < -0.39 is 0 Å². The normalized spacial score (nSPS) is 22.6. The number of carbonyl (C=O) groups excluding carboxylic acids is 1. The van der Waals surface area contributed by atoms with Crippen molar-refractivity contribution in [1.82, 2.24) is 16.1 Å². The minimum absolute atomic E-state index is 0.0438. The molecule has 0 saturated carbocycles. The lowest BCUT2D eigenvalue weighted by molar-refractivity contribution is -0.119. The first-order valence-electron chi connectivity index (χ1n) is 3.26. The van der Waals surface area contributed by atoms with Crippen LogP contribution in [0, 0.1) is 0 Å². The Bertz CT molecular complexity index is 183. The maximum absolute atomic E-state index is 10.7. The number of nitrogens with one attached hydrogen (secondary N) is 3. The lowest BCUT2D eigenvalue weighted by Crippen LogP contribution is -2.45. The highest BCUT2D eigenvalue weighted by Gasteiger charge is 2.21. The molecule has 0 radical (unpaired) electrons. The van der Waals surface area contributed by atoms with E-state index >= 15 is 0 Å². The van der Waals surface area contributed by atoms with Crippen LogP contribution in [0.15, 0.2) is 0 Å². The Balaban J connectivity index is 2.28. The molecule has 5 N–H and O–H groups in total. The summed E-state index contributed by atoms with van der Waals surface area (Å²) in [6.07, 6.45) is 0.460. The third kappa shape index (κ3) is 2.32. The van der Waals surface area contributed by atoms with Crippen molar-refractivity contribution in [2.24, 2.45) is 5.84 Å². The number of rotatable bonds is 1. The van der Waals surface area contributed by atoms with Crippen molar-refractivity contribution in [3.63, 3.8) is 0 Å². The van der Waals surface area contributed by atoms with Crippen LogP contribution in [0.4, 0.5) is 0 Å². The summed E-state index contributed by atoms with van der Waals surface area (Å²) in [5.41, 5.74) is 2.29. The molecule has 1 fully saturated rings. The van der Waals surface area contributed by atoms with Gasteiger partial charge >= 0.3 is 0 Å². The average molecular weight is 174 g/mol. The van der Waals surface area contributed by atoms with Crippen LogP contribution >= 0.6 is 12.2 Å². The van der Waals surface area contributed by atoms with Gasteiger partial charge in [0.25, 0.3) is 0 Å². The first-order valence-corrected chi connectivity index (χ1v) is 3.67. The Labute approximate surface area is 69.7 Å². The third-order valence-electron chi connectivity index (χ3n) is 1.44. The molecular weight excluding hydrogens is 164 g/mol. The van der Waals surface area contributed by atoms with Gasteiger partial charge in [-0.05, 0) is 12.2 Å². The number of amides is 1. The fourth-order valence-corrected chi connectivity index (χ4v) is 1.10. The van der Waals surface area contributed by atoms with Gasteiger partial charge in [-0.15, -0.1) is 0 Å². The van der Waals surface area contributed by atoms with Gasteiger partial charge in [-0.25, -0.2) is 5.84 Å². The second-order valence-electron chi connectivity index (χ2n) is 2.32. The molecule has 62 valence electrons. The molecule has 1 rings (SSSR count). The first kappa shape index (κ1) is 8.22. The highest BCUT2D eigenvalue weighted by Crippen LogP contribution is 1.97. The van der Waals surface area contributed by atoms with E-state index in [2.05, 4.69) is 16.1 Å². The quantitative estimate of drug-likeness (QED) is 0.214. The van der Waals surface area contributed by atoms with E-state index in [1.54, 1.807) is 0 Å². The van der Waals surface area contributed by atoms with E-state index in [9.17, 15) is 4.79 Å². The van der Waals surface area contributed by atoms with Gasteiger partial charge in [0.15, 0.2) is 5.11 Å². The van der Waals surface area contributed by atoms with E-state index in [1.165, 1.54) is 0 Å². The number of hydrazine groups is 1. The molecule has 0 aromatic carbocycles. The molecule has 0 aliphatic carbocycles. The van der Waals surface area contributed by atoms with E-state index in [1.807, 2.05) is 0 Å². The Morgan fingerprint density at radius 3 is 3.00 bits per heavy atom. The van der Waals surface area contributed by atoms with Crippen molar-refractivity contribution in [2.75, 3.05) is 6.54 Å². The molecule has 0 spiro atoms. The summed E-state index contributed by atoms with van der Waals surface area (Å²) in [6.45, 7) is 0.612. The van der Waals surface area contributed by atoms with Crippen LogP contribution in [0.25, 0.3) is 0 Å². The van der Waals surface area contributed by atoms with Crippen LogP contribution < -0.4 is 21.9 Å². The summed E-state index contributed by atoms with van der Waals surface area (Å²) in [5.74, 6) is 5.07. The molecular formula is C5H10N4OS. The van der Waals surface area contributed by atoms with Gasteiger partial charge in [0.2, 0.25) is 5.91 Å². The van der Waals surface area contributed by atoms with Crippen LogP contribution in [0.1, 0.15) is 6.42 Å². The zero-order chi connectivity index (χ0) is 8.27. The average Bonchev–Trinajstić information content (AvgIpc) is 2.35. The molecule has 0 aromatic heterocycles. The van der Waals surface area contributed by atoms with Gasteiger partial charge in [-0.1, -0.05) is 0 Å². The smallest absolute Gasteiger partial charge is 0.222 e. The summed E-state index contributed by atoms with van der Waals surface area (Å²) in [7, 11) is 0. The number of carbonyl (C=O) groups is 1. The van der Waals surface area contributed by atoms with Crippen molar-refractivity contribution in [3.05, 3.63) is 0 Å². The number of hydrogen-bond donors (Lipinski definition) is 4. The van der Waals surface area contributed by atoms with Crippen LogP contribution in [0.5, 0.6) is 0 Å². The van der Waals surface area contributed by atoms with Crippen LogP contribution in [-0.4, -0.2) is 23.6 Å². The Morgan fingerprint density at radius 2 is 2.55 bits per heavy atom. The highest BCUT2D eigenvalue weighted by molar-refractivity contribution is 7.80. The molecule has 1 amide bonds. The highest BCUT2D eigenvalue weighted by atomic mass is 32.1. The predicted molar refractivity (Wildman–Crippen MR) is 44.5 cm³/mol. The van der Waals surface area contributed by atoms with Crippen molar-refractivity contribution < 1.29 is 4.79 Å². The third-order valence-corrected chi connectivity index (χ3v) is 1.68. The molecule has 1 heterocycles. The van der Waals surface area contributed by atoms with Crippen molar-refractivity contribution >= 4 is 23.2 Å². The molecule has 0 bridgehead atoms. The minimum atomic E-state index is 0.0438. The molecule has 1 aliphatic rings. The summed E-state index contributed by atoms with van der Waals surface area (Å²) in [5, 5.41) is 5.91. The predicted octanol–water partition coefficient (Wildman–Crippen LogP) is -1.79. The van der Waals surface area contributed by atoms with Gasteiger partial charge in [-0.3, -0.25) is 4.79 Å². The Morgan fingerprint density at radius 1 is 1.82 bits per heavy atom. The van der Waals surface area contributed by atoms with Crippen molar-refractivity contribution in [2.45, 2.75) is 12.5 Å². The summed E-state index contributed by atoms with van der Waals surface area (Å²) < 4.78 is 0. The molecule has 1 saturated heterocycles. The number of thiocarbonyl (C=S) groups is 1.